The predicted octanol–water partition coefficient (Wildman–Crippen LogP) is 1.40. The third-order valence-corrected chi connectivity index (χ3v) is 2.77. The quantitative estimate of drug-likeness (QED) is 0.744. The molecule has 1 aromatic heterocycles. The molecule has 1 saturated carbocycles. The van der Waals surface area contributed by atoms with Crippen LogP contribution in [-0.2, 0) is 0 Å². The Morgan fingerprint density at radius 3 is 3.08 bits per heavy atom. The van der Waals surface area contributed by atoms with E-state index in [9.17, 15) is 4.79 Å². The highest BCUT2D eigenvalue weighted by Crippen LogP contribution is 2.44. The van der Waals surface area contributed by atoms with Crippen molar-refractivity contribution in [3.63, 3.8) is 0 Å². The van der Waals surface area contributed by atoms with Gasteiger partial charge >= 0.3 is 0 Å². The van der Waals surface area contributed by atoms with Gasteiger partial charge in [0.25, 0.3) is 5.56 Å². The molecule has 0 spiro atoms. The van der Waals surface area contributed by atoms with E-state index < -0.39 is 0 Å². The van der Waals surface area contributed by atoms with Gasteiger partial charge in [0.15, 0.2) is 0 Å². The zero-order chi connectivity index (χ0) is 9.42. The Hall–Kier alpha value is -1.25. The van der Waals surface area contributed by atoms with Crippen LogP contribution in [0.2, 0.25) is 0 Å². The summed E-state index contributed by atoms with van der Waals surface area (Å²) in [6, 6.07) is 3.89. The Morgan fingerprint density at radius 2 is 2.46 bits per heavy atom. The standard InChI is InChI=1S/C10H14N2O/c1-2-7-6-9(7)12-5-3-4-8(11)10(12)13/h3-5,7,9H,2,6,11H2,1H3/t7-,9-/m0/s1. The number of nitrogens with zero attached hydrogens (tertiary/aromatic N) is 1. The minimum absolute atomic E-state index is 0.0385. The van der Waals surface area contributed by atoms with Gasteiger partial charge in [-0.15, -0.1) is 0 Å². The van der Waals surface area contributed by atoms with Crippen molar-refractivity contribution in [1.29, 1.82) is 0 Å². The molecule has 1 aliphatic rings. The fourth-order valence-corrected chi connectivity index (χ4v) is 1.80. The molecule has 1 aliphatic carbocycles. The molecule has 70 valence electrons. The highest BCUT2D eigenvalue weighted by molar-refractivity contribution is 5.34. The lowest BCUT2D eigenvalue weighted by Crippen LogP contribution is -2.21. The van der Waals surface area contributed by atoms with Crippen LogP contribution in [0, 0.1) is 5.92 Å². The summed E-state index contributed by atoms with van der Waals surface area (Å²) in [4.78, 5) is 11.5. The first-order valence-corrected chi connectivity index (χ1v) is 4.70. The number of nitrogen functional groups attached to an aromatic ring is 1. The number of nitrogens with two attached hydrogens (primary N) is 1. The predicted molar refractivity (Wildman–Crippen MR) is 52.5 cm³/mol. The zero-order valence-corrected chi connectivity index (χ0v) is 7.73. The maximum atomic E-state index is 11.5. The van der Waals surface area contributed by atoms with Crippen LogP contribution in [0.1, 0.15) is 25.8 Å². The summed E-state index contributed by atoms with van der Waals surface area (Å²) in [5, 5.41) is 0. The molecular weight excluding hydrogens is 164 g/mol. The van der Waals surface area contributed by atoms with Crippen LogP contribution in [-0.4, -0.2) is 4.57 Å². The van der Waals surface area contributed by atoms with Gasteiger partial charge in [-0.1, -0.05) is 13.3 Å². The maximum absolute atomic E-state index is 11.5. The summed E-state index contributed by atoms with van der Waals surface area (Å²) in [5.41, 5.74) is 5.85. The second-order valence-electron chi connectivity index (χ2n) is 3.65. The first-order valence-electron chi connectivity index (χ1n) is 4.70. The zero-order valence-electron chi connectivity index (χ0n) is 7.73. The number of hydrogen-bond acceptors (Lipinski definition) is 2. The molecule has 0 aliphatic heterocycles. The SMILES string of the molecule is CC[C@H]1C[C@@H]1n1cccc(N)c1=O. The summed E-state index contributed by atoms with van der Waals surface area (Å²) in [6.07, 6.45) is 4.10. The minimum Gasteiger partial charge on any atom is -0.394 e. The summed E-state index contributed by atoms with van der Waals surface area (Å²) >= 11 is 0. The first kappa shape index (κ1) is 8.35. The van der Waals surface area contributed by atoms with Gasteiger partial charge in [-0.25, -0.2) is 0 Å². The summed E-state index contributed by atoms with van der Waals surface area (Å²) in [5.74, 6) is 0.680. The van der Waals surface area contributed by atoms with Crippen molar-refractivity contribution in [2.45, 2.75) is 25.8 Å². The lowest BCUT2D eigenvalue weighted by atomic mass is 10.3. The average Bonchev–Trinajstić information content (AvgIpc) is 2.89. The largest absolute Gasteiger partial charge is 0.394 e. The molecule has 2 N–H and O–H groups in total. The van der Waals surface area contributed by atoms with E-state index in [1.165, 1.54) is 0 Å². The van der Waals surface area contributed by atoms with Crippen molar-refractivity contribution in [1.82, 2.24) is 4.57 Å². The summed E-state index contributed by atoms with van der Waals surface area (Å²) in [7, 11) is 0. The highest BCUT2D eigenvalue weighted by Gasteiger charge is 2.37. The average molecular weight is 178 g/mol. The second-order valence-corrected chi connectivity index (χ2v) is 3.65. The van der Waals surface area contributed by atoms with Crippen LogP contribution in [0.15, 0.2) is 23.1 Å². The molecule has 0 radical (unpaired) electrons. The van der Waals surface area contributed by atoms with E-state index in [1.54, 1.807) is 10.6 Å². The van der Waals surface area contributed by atoms with E-state index in [2.05, 4.69) is 6.92 Å². The van der Waals surface area contributed by atoms with Crippen molar-refractivity contribution in [3.05, 3.63) is 28.7 Å². The van der Waals surface area contributed by atoms with E-state index >= 15 is 0 Å². The molecule has 1 aromatic rings. The van der Waals surface area contributed by atoms with Crippen molar-refractivity contribution in [2.24, 2.45) is 5.92 Å². The first-order chi connectivity index (χ1) is 6.24. The van der Waals surface area contributed by atoms with Crippen LogP contribution in [0.5, 0.6) is 0 Å². The molecule has 2 rings (SSSR count). The molecule has 3 heteroatoms. The van der Waals surface area contributed by atoms with Gasteiger partial charge in [-0.3, -0.25) is 4.79 Å². The van der Waals surface area contributed by atoms with Gasteiger partial charge in [0, 0.05) is 12.2 Å². The lowest BCUT2D eigenvalue weighted by molar-refractivity contribution is 0.623. The Morgan fingerprint density at radius 1 is 1.69 bits per heavy atom. The molecule has 0 amide bonds. The van der Waals surface area contributed by atoms with Crippen LogP contribution in [0.25, 0.3) is 0 Å². The van der Waals surface area contributed by atoms with E-state index in [4.69, 9.17) is 5.73 Å². The molecule has 0 aromatic carbocycles. The van der Waals surface area contributed by atoms with Crippen LogP contribution < -0.4 is 11.3 Å². The van der Waals surface area contributed by atoms with Gasteiger partial charge < -0.3 is 10.3 Å². The maximum Gasteiger partial charge on any atom is 0.273 e. The number of aromatic nitrogens is 1. The lowest BCUT2D eigenvalue weighted by Gasteiger charge is -2.04. The molecule has 0 saturated heterocycles. The van der Waals surface area contributed by atoms with E-state index in [1.807, 2.05) is 12.3 Å². The van der Waals surface area contributed by atoms with Gasteiger partial charge in [0.05, 0.1) is 5.69 Å². The van der Waals surface area contributed by atoms with Crippen molar-refractivity contribution >= 4 is 5.69 Å². The molecule has 0 unspecified atom stereocenters. The third kappa shape index (κ3) is 1.34. The normalized spacial score (nSPS) is 25.9. The summed E-state index contributed by atoms with van der Waals surface area (Å²) in [6.45, 7) is 2.15. The van der Waals surface area contributed by atoms with Crippen molar-refractivity contribution in [3.8, 4) is 0 Å². The Balaban J connectivity index is 2.32. The Kier molecular flexibility index (Phi) is 1.87. The van der Waals surface area contributed by atoms with Gasteiger partial charge in [0.2, 0.25) is 0 Å². The Labute approximate surface area is 77.2 Å². The molecule has 1 heterocycles. The van der Waals surface area contributed by atoms with Crippen LogP contribution in [0.4, 0.5) is 5.69 Å². The fourth-order valence-electron chi connectivity index (χ4n) is 1.80. The fraction of sp³-hybridized carbons (Fsp3) is 0.500. The molecule has 0 bridgehead atoms. The second kappa shape index (κ2) is 2.91. The van der Waals surface area contributed by atoms with Gasteiger partial charge in [-0.05, 0) is 24.5 Å². The van der Waals surface area contributed by atoms with Gasteiger partial charge in [0.1, 0.15) is 0 Å². The number of anilines is 1. The third-order valence-electron chi connectivity index (χ3n) is 2.77. The minimum atomic E-state index is -0.0385. The molecular formula is C10H14N2O. The number of pyridine rings is 1. The number of rotatable bonds is 2. The monoisotopic (exact) mass is 178 g/mol. The molecule has 1 fully saturated rings. The highest BCUT2D eigenvalue weighted by atomic mass is 16.1. The van der Waals surface area contributed by atoms with E-state index in [-0.39, 0.29) is 5.56 Å². The van der Waals surface area contributed by atoms with Crippen molar-refractivity contribution in [2.75, 3.05) is 5.73 Å². The Bertz CT molecular complexity index is 369. The van der Waals surface area contributed by atoms with E-state index in [0.717, 1.165) is 12.8 Å². The summed E-state index contributed by atoms with van der Waals surface area (Å²) < 4.78 is 1.77. The van der Waals surface area contributed by atoms with Gasteiger partial charge in [-0.2, -0.15) is 0 Å². The van der Waals surface area contributed by atoms with E-state index in [0.29, 0.717) is 17.6 Å². The van der Waals surface area contributed by atoms with Crippen LogP contribution >= 0.6 is 0 Å². The molecule has 3 nitrogen and oxygen atoms in total. The molecule has 13 heavy (non-hydrogen) atoms. The topological polar surface area (TPSA) is 48.0 Å². The smallest absolute Gasteiger partial charge is 0.273 e. The molecule has 2 atom stereocenters. The van der Waals surface area contributed by atoms with Crippen molar-refractivity contribution < 1.29 is 0 Å². The van der Waals surface area contributed by atoms with Crippen LogP contribution in [0.3, 0.4) is 0 Å². The number of hydrogen-bond donors (Lipinski definition) is 1.